The fraction of sp³-hybridized carbons (Fsp3) is 0.667. The predicted molar refractivity (Wildman–Crippen MR) is 101 cm³/mol. The van der Waals surface area contributed by atoms with Crippen LogP contribution in [-0.2, 0) is 11.0 Å². The summed E-state index contributed by atoms with van der Waals surface area (Å²) >= 11 is 0. The molecule has 138 valence electrons. The van der Waals surface area contributed by atoms with Crippen LogP contribution >= 0.6 is 0 Å². The molecule has 7 heteroatoms. The second-order valence-electron chi connectivity index (χ2n) is 8.67. The lowest BCUT2D eigenvalue weighted by atomic mass is 10.0. The van der Waals surface area contributed by atoms with Crippen molar-refractivity contribution in [2.75, 3.05) is 5.73 Å². The van der Waals surface area contributed by atoms with E-state index in [4.69, 9.17) is 14.6 Å². The average Bonchev–Trinajstić information content (AvgIpc) is 3.23. The maximum atomic E-state index is 6.23. The van der Waals surface area contributed by atoms with Crippen molar-refractivity contribution in [2.45, 2.75) is 76.6 Å². The Balaban J connectivity index is 1.59. The number of nitrogens with two attached hydrogens (primary N) is 1. The molecule has 2 aromatic heterocycles. The molecular formula is C18H30N4O2Si. The highest BCUT2D eigenvalue weighted by atomic mass is 28.4. The number of nitrogens with zero attached hydrogens (tertiary/aromatic N) is 2. The van der Waals surface area contributed by atoms with E-state index < -0.39 is 8.32 Å². The van der Waals surface area contributed by atoms with Gasteiger partial charge in [0.15, 0.2) is 14.2 Å². The van der Waals surface area contributed by atoms with Crippen molar-refractivity contribution in [3.63, 3.8) is 0 Å². The van der Waals surface area contributed by atoms with Gasteiger partial charge in [0, 0.05) is 23.6 Å². The Morgan fingerprint density at radius 1 is 1.32 bits per heavy atom. The maximum absolute atomic E-state index is 6.23. The summed E-state index contributed by atoms with van der Waals surface area (Å²) in [6.45, 7) is 11.7. The fourth-order valence-electron chi connectivity index (χ4n) is 3.10. The smallest absolute Gasteiger partial charge is 0.197 e. The number of nitrogens with one attached hydrogen (secondary N) is 1. The van der Waals surface area contributed by atoms with Crippen molar-refractivity contribution < 1.29 is 8.84 Å². The van der Waals surface area contributed by atoms with Gasteiger partial charge in [0.2, 0.25) is 0 Å². The van der Waals surface area contributed by atoms with Crippen LogP contribution in [0.15, 0.2) is 16.7 Å². The van der Waals surface area contributed by atoms with Gasteiger partial charge in [-0.3, -0.25) is 5.10 Å². The van der Waals surface area contributed by atoms with Crippen LogP contribution in [0.2, 0.25) is 18.1 Å². The minimum absolute atomic E-state index is 0.195. The number of aromatic nitrogens is 3. The maximum Gasteiger partial charge on any atom is 0.197 e. The molecule has 2 heterocycles. The number of rotatable bonds is 5. The zero-order valence-electron chi connectivity index (χ0n) is 15.9. The van der Waals surface area contributed by atoms with Crippen molar-refractivity contribution in [2.24, 2.45) is 0 Å². The first-order chi connectivity index (χ1) is 11.7. The highest BCUT2D eigenvalue weighted by Crippen LogP contribution is 2.43. The SMILES string of the molecule is CC(C)(C)[Si](C)(C)OCc1cnc(C2CCC(c3cc(N)n[nH]3)C2)o1. The van der Waals surface area contributed by atoms with E-state index in [0.717, 1.165) is 36.6 Å². The van der Waals surface area contributed by atoms with Gasteiger partial charge in [-0.1, -0.05) is 20.8 Å². The average molecular weight is 363 g/mol. The molecule has 1 aliphatic rings. The van der Waals surface area contributed by atoms with E-state index in [1.165, 1.54) is 0 Å². The van der Waals surface area contributed by atoms with Crippen LogP contribution in [0.25, 0.3) is 0 Å². The molecule has 3 rings (SSSR count). The molecule has 0 aromatic carbocycles. The number of hydrogen-bond acceptors (Lipinski definition) is 5. The second-order valence-corrected chi connectivity index (χ2v) is 13.5. The highest BCUT2D eigenvalue weighted by molar-refractivity contribution is 6.74. The number of hydrogen-bond donors (Lipinski definition) is 2. The van der Waals surface area contributed by atoms with Crippen LogP contribution in [-0.4, -0.2) is 23.5 Å². The third-order valence-electron chi connectivity index (χ3n) is 5.79. The monoisotopic (exact) mass is 362 g/mol. The summed E-state index contributed by atoms with van der Waals surface area (Å²) in [6, 6.07) is 1.93. The largest absolute Gasteiger partial charge is 0.443 e. The summed E-state index contributed by atoms with van der Waals surface area (Å²) < 4.78 is 12.2. The third kappa shape index (κ3) is 3.98. The van der Waals surface area contributed by atoms with Crippen molar-refractivity contribution >= 4 is 14.1 Å². The number of H-pyrrole nitrogens is 1. The number of nitrogen functional groups attached to an aromatic ring is 1. The Kier molecular flexibility index (Phi) is 4.81. The quantitative estimate of drug-likeness (QED) is 0.761. The first-order valence-electron chi connectivity index (χ1n) is 9.05. The van der Waals surface area contributed by atoms with Gasteiger partial charge in [0.05, 0.1) is 12.8 Å². The predicted octanol–water partition coefficient (Wildman–Crippen LogP) is 4.55. The molecule has 2 aromatic rings. The van der Waals surface area contributed by atoms with E-state index >= 15 is 0 Å². The van der Waals surface area contributed by atoms with Crippen LogP contribution < -0.4 is 5.73 Å². The summed E-state index contributed by atoms with van der Waals surface area (Å²) in [5.41, 5.74) is 6.83. The van der Waals surface area contributed by atoms with E-state index in [-0.39, 0.29) is 5.04 Å². The Hall–Kier alpha value is -1.60. The van der Waals surface area contributed by atoms with Crippen LogP contribution in [0.1, 0.15) is 69.2 Å². The Morgan fingerprint density at radius 3 is 2.68 bits per heavy atom. The molecule has 3 N–H and O–H groups in total. The zero-order chi connectivity index (χ0) is 18.2. The van der Waals surface area contributed by atoms with Crippen LogP contribution in [0.3, 0.4) is 0 Å². The van der Waals surface area contributed by atoms with E-state index in [9.17, 15) is 0 Å². The topological polar surface area (TPSA) is 90.0 Å². The molecule has 2 unspecified atom stereocenters. The molecule has 0 amide bonds. The van der Waals surface area contributed by atoms with Crippen molar-refractivity contribution in [3.05, 3.63) is 29.6 Å². The minimum atomic E-state index is -1.77. The van der Waals surface area contributed by atoms with Crippen LogP contribution in [0.5, 0.6) is 0 Å². The first kappa shape index (κ1) is 18.2. The molecule has 0 spiro atoms. The third-order valence-corrected chi connectivity index (χ3v) is 10.3. The van der Waals surface area contributed by atoms with E-state index in [2.05, 4.69) is 49.0 Å². The van der Waals surface area contributed by atoms with Gasteiger partial charge in [-0.25, -0.2) is 4.98 Å². The van der Waals surface area contributed by atoms with E-state index in [1.54, 1.807) is 0 Å². The number of anilines is 1. The van der Waals surface area contributed by atoms with E-state index in [0.29, 0.717) is 24.3 Å². The van der Waals surface area contributed by atoms with Gasteiger partial charge in [0.25, 0.3) is 0 Å². The normalized spacial score (nSPS) is 21.8. The number of oxazole rings is 1. The summed E-state index contributed by atoms with van der Waals surface area (Å²) in [7, 11) is -1.77. The van der Waals surface area contributed by atoms with Crippen molar-refractivity contribution in [1.82, 2.24) is 15.2 Å². The van der Waals surface area contributed by atoms with Crippen molar-refractivity contribution in [1.29, 1.82) is 0 Å². The summed E-state index contributed by atoms with van der Waals surface area (Å²) in [6.07, 6.45) is 5.02. The standard InChI is InChI=1S/C18H30N4O2Si/c1-18(2,3)25(4,5)23-11-14-10-20-17(24-14)13-7-6-12(8-13)15-9-16(19)22-21-15/h9-10,12-13H,6-8,11H2,1-5H3,(H3,19,21,22). The molecule has 2 atom stereocenters. The molecule has 1 aliphatic carbocycles. The van der Waals surface area contributed by atoms with Gasteiger partial charge in [-0.2, -0.15) is 5.10 Å². The van der Waals surface area contributed by atoms with Gasteiger partial charge in [0.1, 0.15) is 11.6 Å². The van der Waals surface area contributed by atoms with E-state index in [1.807, 2.05) is 12.3 Å². The lowest BCUT2D eigenvalue weighted by Crippen LogP contribution is -2.40. The zero-order valence-corrected chi connectivity index (χ0v) is 16.9. The van der Waals surface area contributed by atoms with Gasteiger partial charge in [-0.15, -0.1) is 0 Å². The molecular weight excluding hydrogens is 332 g/mol. The Bertz CT molecular complexity index is 717. The van der Waals surface area contributed by atoms with Gasteiger partial charge < -0.3 is 14.6 Å². The van der Waals surface area contributed by atoms with Gasteiger partial charge in [-0.05, 0) is 37.4 Å². The molecule has 0 bridgehead atoms. The Morgan fingerprint density at radius 2 is 2.04 bits per heavy atom. The number of aromatic amines is 1. The minimum Gasteiger partial charge on any atom is -0.443 e. The lowest BCUT2D eigenvalue weighted by Gasteiger charge is -2.35. The summed E-state index contributed by atoms with van der Waals surface area (Å²) in [5.74, 6) is 3.03. The summed E-state index contributed by atoms with van der Waals surface area (Å²) in [5, 5.41) is 7.26. The first-order valence-corrected chi connectivity index (χ1v) is 12.0. The van der Waals surface area contributed by atoms with Gasteiger partial charge >= 0.3 is 0 Å². The lowest BCUT2D eigenvalue weighted by molar-refractivity contribution is 0.240. The molecule has 0 radical (unpaired) electrons. The van der Waals surface area contributed by atoms with Crippen LogP contribution in [0, 0.1) is 0 Å². The molecule has 6 nitrogen and oxygen atoms in total. The fourth-order valence-corrected chi connectivity index (χ4v) is 4.03. The van der Waals surface area contributed by atoms with Crippen molar-refractivity contribution in [3.8, 4) is 0 Å². The second kappa shape index (κ2) is 6.61. The molecule has 1 saturated carbocycles. The molecule has 1 fully saturated rings. The molecule has 25 heavy (non-hydrogen) atoms. The summed E-state index contributed by atoms with van der Waals surface area (Å²) in [4.78, 5) is 4.51. The Labute approximate surface area is 150 Å². The molecule has 0 saturated heterocycles. The highest BCUT2D eigenvalue weighted by Gasteiger charge is 2.37. The van der Waals surface area contributed by atoms with Crippen LogP contribution in [0.4, 0.5) is 5.82 Å². The molecule has 0 aliphatic heterocycles.